The van der Waals surface area contributed by atoms with Crippen molar-refractivity contribution in [1.82, 2.24) is 6.15 Å². The van der Waals surface area contributed by atoms with Crippen LogP contribution in [0.2, 0.25) is 0 Å². The molecule has 0 aromatic heterocycles. The van der Waals surface area contributed by atoms with E-state index in [9.17, 15) is 0 Å². The molecule has 0 aliphatic heterocycles. The van der Waals surface area contributed by atoms with Crippen LogP contribution in [0.25, 0.3) is 0 Å². The fourth-order valence-corrected chi connectivity index (χ4v) is 0. The number of primary amides is 2. The predicted molar refractivity (Wildman–Crippen MR) is 66.8 cm³/mol. The molecule has 0 aliphatic rings. The summed E-state index contributed by atoms with van der Waals surface area (Å²) in [5.74, 6) is 0. The molecule has 0 radical (unpaired) electrons. The zero-order chi connectivity index (χ0) is 17.9. The molecule has 0 unspecified atom stereocenters. The Bertz CT molecular complexity index is 227. The summed E-state index contributed by atoms with van der Waals surface area (Å²) in [6.07, 6.45) is -2.33. The van der Waals surface area contributed by atoms with Crippen molar-refractivity contribution in [2.75, 3.05) is 0 Å². The first kappa shape index (κ1) is 56.4. The standard InChI is InChI=1S/CH4N2O.CH2O3.2Ca.K.3NO3.H3N/c2*2-1(3)4;;;;3*2-1(3)4;/h(H4,2,3,4);(H2,2,3,4);;;;;;;1H3/q;;2*+2;+1;3*-1;/p-2. The first-order chi connectivity index (χ1) is 8.66. The van der Waals surface area contributed by atoms with E-state index >= 15 is 0 Å². The zero-order valence-corrected chi connectivity index (χ0v) is 19.5. The zero-order valence-electron chi connectivity index (χ0n) is 11.9. The summed E-state index contributed by atoms with van der Waals surface area (Å²) in [4.78, 5) is 42.1. The number of carbonyl (C=O) groups is 2. The minimum absolute atomic E-state index is 0. The first-order valence-electron chi connectivity index (χ1n) is 3.04. The molecular weight excluding hydrogens is 435 g/mol. The number of carboxylic acid groups (broad SMARTS) is 2. The fraction of sp³-hybridized carbons (Fsp3) is 0. The minimum atomic E-state index is -2.33. The van der Waals surface area contributed by atoms with Crippen molar-refractivity contribution in [3.63, 3.8) is 0 Å². The smallest absolute Gasteiger partial charge is 0.652 e. The molecule has 22 heteroatoms. The number of hydrogen-bond acceptors (Lipinski definition) is 14. The van der Waals surface area contributed by atoms with Crippen molar-refractivity contribution in [3.8, 4) is 0 Å². The number of urea groups is 1. The summed E-state index contributed by atoms with van der Waals surface area (Å²) in [5.41, 5.74) is 8.50. The van der Waals surface area contributed by atoms with E-state index in [4.69, 9.17) is 65.8 Å². The van der Waals surface area contributed by atoms with E-state index in [1.165, 1.54) is 0 Å². The van der Waals surface area contributed by atoms with Crippen LogP contribution in [-0.2, 0) is 0 Å². The maximum atomic E-state index is 9.00. The second-order valence-electron chi connectivity index (χ2n) is 1.32. The van der Waals surface area contributed by atoms with Crippen molar-refractivity contribution in [1.29, 1.82) is 0 Å². The quantitative estimate of drug-likeness (QED) is 0.178. The maximum Gasteiger partial charge on any atom is 2.00 e. The Morgan fingerprint density at radius 1 is 0.667 bits per heavy atom. The van der Waals surface area contributed by atoms with Gasteiger partial charge in [-0.25, -0.2) is 4.79 Å². The molecular formula is C2H7Ca2KN6O13. The molecule has 0 saturated heterocycles. The second-order valence-corrected chi connectivity index (χ2v) is 1.32. The number of nitrogens with zero attached hydrogens (tertiary/aromatic N) is 3. The van der Waals surface area contributed by atoms with Gasteiger partial charge in [0.25, 0.3) is 0 Å². The van der Waals surface area contributed by atoms with Crippen molar-refractivity contribution >= 4 is 87.7 Å². The van der Waals surface area contributed by atoms with Crippen molar-refractivity contribution in [2.24, 2.45) is 11.5 Å². The Morgan fingerprint density at radius 2 is 0.667 bits per heavy atom. The van der Waals surface area contributed by atoms with Crippen LogP contribution in [0.3, 0.4) is 0 Å². The van der Waals surface area contributed by atoms with E-state index in [1.54, 1.807) is 0 Å². The van der Waals surface area contributed by atoms with Crippen molar-refractivity contribution in [3.05, 3.63) is 46.0 Å². The molecule has 0 aromatic carbocycles. The molecule has 0 rings (SSSR count). The molecule has 0 atom stereocenters. The topological polar surface area (TPSA) is 366 Å². The monoisotopic (exact) mass is 442 g/mol. The van der Waals surface area contributed by atoms with Gasteiger partial charge in [0.2, 0.25) is 0 Å². The number of carbonyl (C=O) groups excluding carboxylic acids is 2. The SMILES string of the molecule is N.NC(N)=O.O=C([O-])[O-].O=[N+]([O-])[O-].O=[N+]([O-])[O-].O=[N+]([O-])[O-].[Ca+2].[Ca+2].[K+]. The Hall–Kier alpha value is 0.256. The van der Waals surface area contributed by atoms with E-state index in [2.05, 4.69) is 11.5 Å². The van der Waals surface area contributed by atoms with E-state index in [0.717, 1.165) is 0 Å². The van der Waals surface area contributed by atoms with E-state index in [-0.39, 0.29) is 133 Å². The Morgan fingerprint density at radius 3 is 0.667 bits per heavy atom. The van der Waals surface area contributed by atoms with Gasteiger partial charge in [-0.15, -0.1) is 0 Å². The predicted octanol–water partition coefficient (Wildman–Crippen LogP) is -7.74. The molecule has 0 spiro atoms. The van der Waals surface area contributed by atoms with Crippen LogP contribution in [0.15, 0.2) is 0 Å². The summed E-state index contributed by atoms with van der Waals surface area (Å²) in [5, 5.41) is 60.9. The van der Waals surface area contributed by atoms with E-state index < -0.39 is 27.4 Å². The third-order valence-electron chi connectivity index (χ3n) is 0. The molecule has 19 nitrogen and oxygen atoms in total. The number of amides is 2. The van der Waals surface area contributed by atoms with E-state index in [1.807, 2.05) is 0 Å². The van der Waals surface area contributed by atoms with E-state index in [0.29, 0.717) is 0 Å². The summed E-state index contributed by atoms with van der Waals surface area (Å²) < 4.78 is 0. The number of hydrogen-bond donors (Lipinski definition) is 3. The maximum absolute atomic E-state index is 9.00. The number of rotatable bonds is 0. The molecule has 0 aliphatic carbocycles. The van der Waals surface area contributed by atoms with Crippen LogP contribution in [0.5, 0.6) is 0 Å². The van der Waals surface area contributed by atoms with Gasteiger partial charge in [-0.05, 0) is 6.16 Å². The normalized spacial score (nSPS) is 5.00. The van der Waals surface area contributed by atoms with Crippen LogP contribution in [0.1, 0.15) is 0 Å². The summed E-state index contributed by atoms with van der Waals surface area (Å²) in [6, 6.07) is -0.833. The molecule has 0 fully saturated rings. The largest absolute Gasteiger partial charge is 2.00 e. The van der Waals surface area contributed by atoms with Gasteiger partial charge < -0.3 is 78.6 Å². The van der Waals surface area contributed by atoms with Gasteiger partial charge in [0.15, 0.2) is 0 Å². The Kier molecular flexibility index (Phi) is 116. The molecule has 2 amide bonds. The average molecular weight is 442 g/mol. The fourth-order valence-electron chi connectivity index (χ4n) is 0. The van der Waals surface area contributed by atoms with Gasteiger partial charge in [0, 0.05) is 0 Å². The van der Waals surface area contributed by atoms with Crippen LogP contribution >= 0.6 is 0 Å². The first-order valence-corrected chi connectivity index (χ1v) is 3.04. The van der Waals surface area contributed by atoms with Crippen LogP contribution in [0, 0.1) is 46.0 Å². The van der Waals surface area contributed by atoms with Gasteiger partial charge in [-0.1, -0.05) is 0 Å². The van der Waals surface area contributed by atoms with Crippen LogP contribution in [-0.4, -0.2) is 103 Å². The van der Waals surface area contributed by atoms with Crippen LogP contribution in [0.4, 0.5) is 9.59 Å². The average Bonchev–Trinajstić information content (AvgIpc) is 1.94. The molecule has 128 valence electrons. The molecule has 7 N–H and O–H groups in total. The molecule has 0 aromatic rings. The third kappa shape index (κ3) is 154000. The van der Waals surface area contributed by atoms with Crippen molar-refractivity contribution in [2.45, 2.75) is 0 Å². The summed E-state index contributed by atoms with van der Waals surface area (Å²) in [6.45, 7) is 0. The summed E-state index contributed by atoms with van der Waals surface area (Å²) >= 11 is 0. The van der Waals surface area contributed by atoms with Crippen molar-refractivity contribution < 1.29 is 86.4 Å². The molecule has 24 heavy (non-hydrogen) atoms. The Labute approximate surface area is 233 Å². The molecule has 0 bridgehead atoms. The van der Waals surface area contributed by atoms with Gasteiger partial charge in [0.05, 0.1) is 15.3 Å². The van der Waals surface area contributed by atoms with Crippen LogP contribution < -0.4 is 79.2 Å². The van der Waals surface area contributed by atoms with Gasteiger partial charge in [-0.2, -0.15) is 0 Å². The Balaban J connectivity index is -0.0000000161. The second kappa shape index (κ2) is 49.5. The molecule has 0 heterocycles. The number of nitrogens with two attached hydrogens (primary N) is 2. The van der Waals surface area contributed by atoms with Gasteiger partial charge in [-0.3, -0.25) is 0 Å². The molecule has 0 saturated carbocycles. The van der Waals surface area contributed by atoms with Gasteiger partial charge in [0.1, 0.15) is 0 Å². The summed E-state index contributed by atoms with van der Waals surface area (Å²) in [7, 11) is 0. The third-order valence-corrected chi connectivity index (χ3v) is 0. The minimum Gasteiger partial charge on any atom is -0.652 e. The van der Waals surface area contributed by atoms with Gasteiger partial charge >= 0.3 is 133 Å².